The number of aromatic hydroxyl groups is 1. The van der Waals surface area contributed by atoms with Crippen molar-refractivity contribution in [2.24, 2.45) is 0 Å². The van der Waals surface area contributed by atoms with Gasteiger partial charge in [0.25, 0.3) is 0 Å². The van der Waals surface area contributed by atoms with Crippen molar-refractivity contribution in [3.8, 4) is 5.75 Å². The Bertz CT molecular complexity index is 1030. The average Bonchev–Trinajstić information content (AvgIpc) is 2.70. The second kappa shape index (κ2) is 7.98. The van der Waals surface area contributed by atoms with Crippen molar-refractivity contribution in [3.05, 3.63) is 102 Å². The van der Waals surface area contributed by atoms with Gasteiger partial charge in [0.1, 0.15) is 5.75 Å². The van der Waals surface area contributed by atoms with E-state index < -0.39 is 0 Å². The van der Waals surface area contributed by atoms with Crippen molar-refractivity contribution in [2.45, 2.75) is 19.6 Å². The van der Waals surface area contributed by atoms with Gasteiger partial charge in [-0.1, -0.05) is 48.5 Å². The topological polar surface area (TPSA) is 49.2 Å². The van der Waals surface area contributed by atoms with Gasteiger partial charge < -0.3 is 5.11 Å². The molecule has 0 bridgehead atoms. The summed E-state index contributed by atoms with van der Waals surface area (Å²) in [5.41, 5.74) is 3.89. The summed E-state index contributed by atoms with van der Waals surface area (Å²) < 4.78 is 0. The Balaban J connectivity index is 1.60. The van der Waals surface area contributed by atoms with E-state index in [-0.39, 0.29) is 0 Å². The van der Waals surface area contributed by atoms with E-state index in [2.05, 4.69) is 28.1 Å². The van der Waals surface area contributed by atoms with Crippen LogP contribution >= 0.6 is 0 Å². The molecule has 27 heavy (non-hydrogen) atoms. The summed E-state index contributed by atoms with van der Waals surface area (Å²) in [6.45, 7) is 1.98. The number of rotatable bonds is 6. The number of phenolic OH excluding ortho intramolecular Hbond substituents is 1. The number of benzene rings is 2. The van der Waals surface area contributed by atoms with Crippen LogP contribution in [0.15, 0.2) is 85.1 Å². The van der Waals surface area contributed by atoms with E-state index >= 15 is 0 Å². The number of phenols is 1. The third-order valence-corrected chi connectivity index (χ3v) is 4.54. The molecule has 0 fully saturated rings. The smallest absolute Gasteiger partial charge is 0.120 e. The fourth-order valence-electron chi connectivity index (χ4n) is 3.20. The molecule has 0 amide bonds. The fraction of sp³-hybridized carbons (Fsp3) is 0.130. The van der Waals surface area contributed by atoms with E-state index in [1.807, 2.05) is 60.8 Å². The molecule has 2 aromatic heterocycles. The Morgan fingerprint density at radius 1 is 0.704 bits per heavy atom. The van der Waals surface area contributed by atoms with Gasteiger partial charge in [-0.3, -0.25) is 14.9 Å². The van der Waals surface area contributed by atoms with Crippen molar-refractivity contribution < 1.29 is 5.11 Å². The van der Waals surface area contributed by atoms with Crippen molar-refractivity contribution in [3.63, 3.8) is 0 Å². The molecule has 0 aliphatic heterocycles. The summed E-state index contributed by atoms with van der Waals surface area (Å²) in [6.07, 6.45) is 1.81. The monoisotopic (exact) mass is 355 g/mol. The average molecular weight is 355 g/mol. The van der Waals surface area contributed by atoms with Gasteiger partial charge in [-0.25, -0.2) is 0 Å². The number of hydrogen-bond acceptors (Lipinski definition) is 4. The molecule has 0 radical (unpaired) electrons. The summed E-state index contributed by atoms with van der Waals surface area (Å²) in [5, 5.41) is 11.3. The lowest BCUT2D eigenvalue weighted by Gasteiger charge is -2.22. The number of pyridine rings is 2. The van der Waals surface area contributed by atoms with Gasteiger partial charge in [-0.2, -0.15) is 0 Å². The van der Waals surface area contributed by atoms with Gasteiger partial charge in [-0.15, -0.1) is 0 Å². The lowest BCUT2D eigenvalue weighted by atomic mass is 10.1. The van der Waals surface area contributed by atoms with E-state index in [0.717, 1.165) is 27.9 Å². The zero-order valence-electron chi connectivity index (χ0n) is 15.0. The minimum atomic E-state index is 0.315. The van der Waals surface area contributed by atoms with E-state index in [9.17, 15) is 5.11 Å². The van der Waals surface area contributed by atoms with Crippen LogP contribution in [0.1, 0.15) is 17.0 Å². The van der Waals surface area contributed by atoms with E-state index in [1.54, 1.807) is 6.07 Å². The van der Waals surface area contributed by atoms with Crippen molar-refractivity contribution in [1.82, 2.24) is 14.9 Å². The van der Waals surface area contributed by atoms with Crippen molar-refractivity contribution in [2.75, 3.05) is 0 Å². The summed E-state index contributed by atoms with van der Waals surface area (Å²) in [4.78, 5) is 11.5. The predicted molar refractivity (Wildman–Crippen MR) is 107 cm³/mol. The second-order valence-electron chi connectivity index (χ2n) is 6.59. The van der Waals surface area contributed by atoms with Crippen LogP contribution in [-0.2, 0) is 19.6 Å². The maximum Gasteiger partial charge on any atom is 0.120 e. The Hall–Kier alpha value is -3.24. The first-order valence-electron chi connectivity index (χ1n) is 9.02. The first-order valence-corrected chi connectivity index (χ1v) is 9.02. The fourth-order valence-corrected chi connectivity index (χ4v) is 3.20. The number of para-hydroxylation sites is 2. The number of aromatic nitrogens is 2. The summed E-state index contributed by atoms with van der Waals surface area (Å²) in [6, 6.07) is 25.7. The molecule has 2 aromatic carbocycles. The molecule has 0 unspecified atom stereocenters. The highest BCUT2D eigenvalue weighted by molar-refractivity contribution is 5.78. The Morgan fingerprint density at radius 3 is 2.33 bits per heavy atom. The molecular formula is C23H21N3O. The molecule has 4 rings (SSSR count). The van der Waals surface area contributed by atoms with E-state index in [0.29, 0.717) is 25.4 Å². The molecular weight excluding hydrogens is 334 g/mol. The van der Waals surface area contributed by atoms with E-state index in [1.165, 1.54) is 0 Å². The van der Waals surface area contributed by atoms with Gasteiger partial charge in [-0.05, 0) is 30.3 Å². The van der Waals surface area contributed by atoms with Crippen LogP contribution in [0.4, 0.5) is 0 Å². The lowest BCUT2D eigenvalue weighted by Crippen LogP contribution is -2.23. The molecule has 2 heterocycles. The molecule has 1 N–H and O–H groups in total. The van der Waals surface area contributed by atoms with Gasteiger partial charge in [0, 0.05) is 36.8 Å². The molecule has 4 nitrogen and oxygen atoms in total. The van der Waals surface area contributed by atoms with Gasteiger partial charge in [0.15, 0.2) is 0 Å². The molecule has 0 aliphatic carbocycles. The summed E-state index contributed by atoms with van der Waals surface area (Å²) in [7, 11) is 0. The standard InChI is InChI=1S/C23H21N3O/c27-23-11-4-2-8-19(23)15-26(16-20-9-5-6-14-24-20)17-21-13-12-18-7-1-3-10-22(18)25-21/h1-14,27H,15-17H2. The molecule has 0 atom stereocenters. The third-order valence-electron chi connectivity index (χ3n) is 4.54. The molecule has 134 valence electrons. The number of fused-ring (bicyclic) bond motifs is 1. The van der Waals surface area contributed by atoms with Gasteiger partial charge in [0.05, 0.1) is 16.9 Å². The first kappa shape index (κ1) is 17.2. The highest BCUT2D eigenvalue weighted by atomic mass is 16.3. The van der Waals surface area contributed by atoms with Gasteiger partial charge in [0.2, 0.25) is 0 Å². The minimum absolute atomic E-state index is 0.315. The van der Waals surface area contributed by atoms with Crippen molar-refractivity contribution >= 4 is 10.9 Å². The van der Waals surface area contributed by atoms with Crippen LogP contribution in [0, 0.1) is 0 Å². The Labute approximate surface area is 158 Å². The largest absolute Gasteiger partial charge is 0.508 e. The highest BCUT2D eigenvalue weighted by Gasteiger charge is 2.12. The van der Waals surface area contributed by atoms with Crippen LogP contribution < -0.4 is 0 Å². The normalized spacial score (nSPS) is 11.1. The van der Waals surface area contributed by atoms with Crippen LogP contribution in [0.2, 0.25) is 0 Å². The molecule has 0 saturated carbocycles. The third kappa shape index (κ3) is 4.30. The first-order chi connectivity index (χ1) is 13.3. The molecule has 4 heteroatoms. The number of hydrogen-bond donors (Lipinski definition) is 1. The molecule has 0 saturated heterocycles. The van der Waals surface area contributed by atoms with Crippen LogP contribution in [-0.4, -0.2) is 20.0 Å². The van der Waals surface area contributed by atoms with E-state index in [4.69, 9.17) is 4.98 Å². The van der Waals surface area contributed by atoms with Crippen molar-refractivity contribution in [1.29, 1.82) is 0 Å². The number of nitrogens with zero attached hydrogens (tertiary/aromatic N) is 3. The quantitative estimate of drug-likeness (QED) is 0.552. The summed E-state index contributed by atoms with van der Waals surface area (Å²) >= 11 is 0. The highest BCUT2D eigenvalue weighted by Crippen LogP contribution is 2.21. The maximum absolute atomic E-state index is 10.2. The SMILES string of the molecule is Oc1ccccc1CN(Cc1ccccn1)Cc1ccc2ccccc2n1. The Morgan fingerprint density at radius 2 is 1.48 bits per heavy atom. The molecule has 0 spiro atoms. The predicted octanol–water partition coefficient (Wildman–Crippen LogP) is 4.54. The zero-order valence-corrected chi connectivity index (χ0v) is 15.0. The zero-order chi connectivity index (χ0) is 18.5. The Kier molecular flexibility index (Phi) is 5.08. The second-order valence-corrected chi connectivity index (χ2v) is 6.59. The van der Waals surface area contributed by atoms with Gasteiger partial charge >= 0.3 is 0 Å². The minimum Gasteiger partial charge on any atom is -0.508 e. The molecule has 0 aliphatic rings. The van der Waals surface area contributed by atoms with Crippen LogP contribution in [0.25, 0.3) is 10.9 Å². The maximum atomic E-state index is 10.2. The van der Waals surface area contributed by atoms with Crippen LogP contribution in [0.5, 0.6) is 5.75 Å². The lowest BCUT2D eigenvalue weighted by molar-refractivity contribution is 0.239. The summed E-state index contributed by atoms with van der Waals surface area (Å²) in [5.74, 6) is 0.315. The molecule has 4 aromatic rings. The van der Waals surface area contributed by atoms with Crippen LogP contribution in [0.3, 0.4) is 0 Å².